The van der Waals surface area contributed by atoms with Gasteiger partial charge >= 0.3 is 0 Å². The van der Waals surface area contributed by atoms with Gasteiger partial charge in [-0.1, -0.05) is 0 Å². The van der Waals surface area contributed by atoms with Gasteiger partial charge in [0.15, 0.2) is 0 Å². The van der Waals surface area contributed by atoms with Crippen molar-refractivity contribution in [2.75, 3.05) is 46.4 Å². The van der Waals surface area contributed by atoms with Crippen LogP contribution in [-0.2, 0) is 14.3 Å². The fraction of sp³-hybridized carbons (Fsp3) is 0.867. The molecule has 0 aromatic carbocycles. The Hall–Kier alpha value is -0.850. The lowest BCUT2D eigenvalue weighted by Crippen LogP contribution is -2.49. The smallest absolute Gasteiger partial charge is 0.239 e. The van der Waals surface area contributed by atoms with Crippen molar-refractivity contribution in [3.63, 3.8) is 0 Å². The third kappa shape index (κ3) is 5.41. The summed E-state index contributed by atoms with van der Waals surface area (Å²) in [6.07, 6.45) is 4.53. The molecule has 0 unspecified atom stereocenters. The molecule has 0 aliphatic carbocycles. The maximum absolute atomic E-state index is 12.1. The SMILES string of the molecule is COCC1(CNC(=O)CN2CCCCC2=O)CCNCC1.Cl. The van der Waals surface area contributed by atoms with Crippen molar-refractivity contribution in [2.24, 2.45) is 5.41 Å². The van der Waals surface area contributed by atoms with Crippen LogP contribution < -0.4 is 10.6 Å². The molecule has 2 N–H and O–H groups in total. The monoisotopic (exact) mass is 333 g/mol. The highest BCUT2D eigenvalue weighted by molar-refractivity contribution is 5.85. The lowest BCUT2D eigenvalue weighted by atomic mass is 9.79. The van der Waals surface area contributed by atoms with E-state index in [4.69, 9.17) is 4.74 Å². The molecule has 0 aromatic heterocycles. The second-order valence-corrected chi connectivity index (χ2v) is 6.23. The number of carbonyl (C=O) groups is 2. The van der Waals surface area contributed by atoms with Crippen LogP contribution in [0, 0.1) is 5.41 Å². The summed E-state index contributed by atoms with van der Waals surface area (Å²) in [6, 6.07) is 0. The molecule has 6 nitrogen and oxygen atoms in total. The third-order valence-electron chi connectivity index (χ3n) is 4.53. The van der Waals surface area contributed by atoms with Crippen LogP contribution >= 0.6 is 12.4 Å². The predicted octanol–water partition coefficient (Wildman–Crippen LogP) is 0.553. The Kier molecular flexibility index (Phi) is 8.14. The maximum Gasteiger partial charge on any atom is 0.239 e. The zero-order valence-corrected chi connectivity index (χ0v) is 14.2. The van der Waals surface area contributed by atoms with E-state index in [-0.39, 0.29) is 36.2 Å². The van der Waals surface area contributed by atoms with Crippen LogP contribution in [0.2, 0.25) is 0 Å². The molecule has 0 atom stereocenters. The molecule has 0 saturated carbocycles. The lowest BCUT2D eigenvalue weighted by Gasteiger charge is -2.37. The molecule has 2 aliphatic rings. The number of ether oxygens (including phenoxy) is 1. The second-order valence-electron chi connectivity index (χ2n) is 6.23. The van der Waals surface area contributed by atoms with Crippen molar-refractivity contribution in [1.82, 2.24) is 15.5 Å². The molecule has 0 bridgehead atoms. The molecule has 2 fully saturated rings. The van der Waals surface area contributed by atoms with Crippen molar-refractivity contribution in [3.8, 4) is 0 Å². The van der Waals surface area contributed by atoms with Crippen LogP contribution in [0.3, 0.4) is 0 Å². The van der Waals surface area contributed by atoms with Crippen molar-refractivity contribution in [2.45, 2.75) is 32.1 Å². The van der Waals surface area contributed by atoms with Gasteiger partial charge < -0.3 is 20.3 Å². The van der Waals surface area contributed by atoms with E-state index >= 15 is 0 Å². The first kappa shape index (κ1) is 19.2. The van der Waals surface area contributed by atoms with E-state index in [9.17, 15) is 9.59 Å². The van der Waals surface area contributed by atoms with E-state index in [1.54, 1.807) is 12.0 Å². The zero-order chi connectivity index (χ0) is 15.1. The Labute approximate surface area is 138 Å². The molecule has 2 amide bonds. The zero-order valence-electron chi connectivity index (χ0n) is 13.4. The highest BCUT2D eigenvalue weighted by Gasteiger charge is 2.32. The Morgan fingerprint density at radius 3 is 2.73 bits per heavy atom. The minimum absolute atomic E-state index is 0. The van der Waals surface area contributed by atoms with Crippen LogP contribution in [0.25, 0.3) is 0 Å². The van der Waals surface area contributed by atoms with Gasteiger partial charge in [-0.3, -0.25) is 9.59 Å². The number of piperidine rings is 2. The van der Waals surface area contributed by atoms with Gasteiger partial charge in [0, 0.05) is 32.0 Å². The molecular formula is C15H28ClN3O3. The van der Waals surface area contributed by atoms with Crippen LogP contribution in [0.15, 0.2) is 0 Å². The molecule has 2 rings (SSSR count). The molecule has 7 heteroatoms. The van der Waals surface area contributed by atoms with Crippen LogP contribution in [0.5, 0.6) is 0 Å². The largest absolute Gasteiger partial charge is 0.384 e. The van der Waals surface area contributed by atoms with Crippen molar-refractivity contribution >= 4 is 24.2 Å². The van der Waals surface area contributed by atoms with Crippen molar-refractivity contribution in [3.05, 3.63) is 0 Å². The van der Waals surface area contributed by atoms with E-state index < -0.39 is 0 Å². The number of rotatable bonds is 6. The quantitative estimate of drug-likeness (QED) is 0.745. The summed E-state index contributed by atoms with van der Waals surface area (Å²) in [5.41, 5.74) is 0.0293. The van der Waals surface area contributed by atoms with Gasteiger partial charge in [0.2, 0.25) is 11.8 Å². The standard InChI is InChI=1S/C15H27N3O3.ClH/c1-21-12-15(5-7-16-8-6-15)11-17-13(19)10-18-9-3-2-4-14(18)20;/h16H,2-12H2,1H3,(H,17,19);1H. The summed E-state index contributed by atoms with van der Waals surface area (Å²) in [4.78, 5) is 25.5. The van der Waals surface area contributed by atoms with Crippen LogP contribution in [-0.4, -0.2) is 63.2 Å². The maximum atomic E-state index is 12.1. The fourth-order valence-electron chi connectivity index (χ4n) is 3.18. The fourth-order valence-corrected chi connectivity index (χ4v) is 3.18. The number of hydrogen-bond acceptors (Lipinski definition) is 4. The molecule has 2 heterocycles. The van der Waals surface area contributed by atoms with Gasteiger partial charge in [0.05, 0.1) is 13.2 Å². The number of carbonyl (C=O) groups excluding carboxylic acids is 2. The highest BCUT2D eigenvalue weighted by atomic mass is 35.5. The number of hydrogen-bond donors (Lipinski definition) is 2. The van der Waals surface area contributed by atoms with Crippen LogP contribution in [0.4, 0.5) is 0 Å². The average molecular weight is 334 g/mol. The number of nitrogens with one attached hydrogen (secondary N) is 2. The first-order valence-electron chi connectivity index (χ1n) is 7.89. The number of amides is 2. The van der Waals surface area contributed by atoms with E-state index in [2.05, 4.69) is 10.6 Å². The molecule has 0 radical (unpaired) electrons. The Bertz CT molecular complexity index is 368. The Morgan fingerprint density at radius 1 is 1.36 bits per heavy atom. The second kappa shape index (κ2) is 9.33. The van der Waals surface area contributed by atoms with Crippen molar-refractivity contribution < 1.29 is 14.3 Å². The van der Waals surface area contributed by atoms with Crippen molar-refractivity contribution in [1.29, 1.82) is 0 Å². The lowest BCUT2D eigenvalue weighted by molar-refractivity contribution is -0.138. The summed E-state index contributed by atoms with van der Waals surface area (Å²) >= 11 is 0. The molecule has 2 saturated heterocycles. The van der Waals surface area contributed by atoms with Gasteiger partial charge in [-0.15, -0.1) is 12.4 Å². The first-order valence-corrected chi connectivity index (χ1v) is 7.89. The Morgan fingerprint density at radius 2 is 2.09 bits per heavy atom. The minimum Gasteiger partial charge on any atom is -0.384 e. The summed E-state index contributed by atoms with van der Waals surface area (Å²) < 4.78 is 5.34. The van der Waals surface area contributed by atoms with Gasteiger partial charge in [0.25, 0.3) is 0 Å². The van der Waals surface area contributed by atoms with E-state index in [0.717, 1.165) is 38.8 Å². The van der Waals surface area contributed by atoms with E-state index in [1.165, 1.54) is 0 Å². The Balaban J connectivity index is 0.00000242. The minimum atomic E-state index is -0.0562. The van der Waals surface area contributed by atoms with Gasteiger partial charge in [0.1, 0.15) is 0 Å². The number of nitrogens with zero attached hydrogens (tertiary/aromatic N) is 1. The molecule has 128 valence electrons. The number of halogens is 1. The van der Waals surface area contributed by atoms with Gasteiger partial charge in [-0.2, -0.15) is 0 Å². The first-order chi connectivity index (χ1) is 10.2. The summed E-state index contributed by atoms with van der Waals surface area (Å²) in [7, 11) is 1.71. The van der Waals surface area contributed by atoms with E-state index in [0.29, 0.717) is 26.1 Å². The predicted molar refractivity (Wildman–Crippen MR) is 87.1 cm³/mol. The number of methoxy groups -OCH3 is 1. The molecule has 0 aromatic rings. The average Bonchev–Trinajstić information content (AvgIpc) is 2.49. The van der Waals surface area contributed by atoms with Gasteiger partial charge in [-0.05, 0) is 38.8 Å². The molecule has 0 spiro atoms. The highest BCUT2D eigenvalue weighted by Crippen LogP contribution is 2.28. The van der Waals surface area contributed by atoms with Gasteiger partial charge in [-0.25, -0.2) is 0 Å². The molecular weight excluding hydrogens is 306 g/mol. The summed E-state index contributed by atoms with van der Waals surface area (Å²) in [5.74, 6) is 0.0455. The third-order valence-corrected chi connectivity index (χ3v) is 4.53. The summed E-state index contributed by atoms with van der Waals surface area (Å²) in [6.45, 7) is 4.12. The summed E-state index contributed by atoms with van der Waals surface area (Å²) in [5, 5.41) is 6.34. The van der Waals surface area contributed by atoms with E-state index in [1.807, 2.05) is 0 Å². The topological polar surface area (TPSA) is 70.7 Å². The van der Waals surface area contributed by atoms with Crippen LogP contribution in [0.1, 0.15) is 32.1 Å². The number of likely N-dealkylation sites (tertiary alicyclic amines) is 1. The normalized spacial score (nSPS) is 21.1. The molecule has 22 heavy (non-hydrogen) atoms. The molecule has 2 aliphatic heterocycles.